The third-order valence-corrected chi connectivity index (χ3v) is 2.19. The Bertz CT molecular complexity index is 383. The molecule has 0 saturated heterocycles. The fraction of sp³-hybridized carbons (Fsp3) is 0.556. The number of imidazole rings is 1. The molecule has 0 saturated carbocycles. The summed E-state index contributed by atoms with van der Waals surface area (Å²) in [5.41, 5.74) is 0.949. The second-order valence-corrected chi connectivity index (χ2v) is 3.60. The number of hydrogen-bond acceptors (Lipinski definition) is 3. The number of amides is 1. The molecule has 6 heteroatoms. The van der Waals surface area contributed by atoms with Crippen LogP contribution < -0.4 is 5.32 Å². The molecule has 84 valence electrons. The van der Waals surface area contributed by atoms with Gasteiger partial charge < -0.3 is 19.6 Å². The number of aromatic amines is 1. The number of hydrogen-bond donors (Lipinski definition) is 2. The zero-order chi connectivity index (χ0) is 11.3. The number of carbonyl (C=O) groups excluding carboxylic acids is 1. The van der Waals surface area contributed by atoms with Gasteiger partial charge in [-0.3, -0.25) is 4.79 Å². The lowest BCUT2D eigenvalue weighted by molar-refractivity contribution is -0.121. The second-order valence-electron chi connectivity index (χ2n) is 3.21. The van der Waals surface area contributed by atoms with Gasteiger partial charge in [0.1, 0.15) is 6.54 Å². The number of nitrogens with one attached hydrogen (secondary N) is 2. The lowest BCUT2D eigenvalue weighted by atomic mass is 10.5. The minimum Gasteiger partial charge on any atom is -0.383 e. The molecule has 0 aliphatic heterocycles. The van der Waals surface area contributed by atoms with E-state index in [0.29, 0.717) is 17.9 Å². The smallest absolute Gasteiger partial charge is 0.240 e. The maximum absolute atomic E-state index is 11.4. The highest BCUT2D eigenvalue weighted by atomic mass is 32.1. The summed E-state index contributed by atoms with van der Waals surface area (Å²) in [7, 11) is 1.60. The second kappa shape index (κ2) is 5.67. The van der Waals surface area contributed by atoms with E-state index in [1.165, 1.54) is 0 Å². The van der Waals surface area contributed by atoms with Gasteiger partial charge in [-0.2, -0.15) is 0 Å². The molecule has 0 fully saturated rings. The fourth-order valence-electron chi connectivity index (χ4n) is 1.19. The summed E-state index contributed by atoms with van der Waals surface area (Å²) in [4.78, 5) is 14.4. The summed E-state index contributed by atoms with van der Waals surface area (Å²) in [6.45, 7) is 3.18. The molecule has 0 atom stereocenters. The van der Waals surface area contributed by atoms with Crippen LogP contribution in [0.4, 0.5) is 0 Å². The molecule has 1 heterocycles. The van der Waals surface area contributed by atoms with Crippen molar-refractivity contribution in [2.45, 2.75) is 13.5 Å². The van der Waals surface area contributed by atoms with Gasteiger partial charge in [0.2, 0.25) is 5.91 Å². The van der Waals surface area contributed by atoms with Gasteiger partial charge in [-0.05, 0) is 19.1 Å². The first-order valence-electron chi connectivity index (χ1n) is 4.65. The summed E-state index contributed by atoms with van der Waals surface area (Å²) in [5, 5.41) is 2.72. The maximum Gasteiger partial charge on any atom is 0.240 e. The van der Waals surface area contributed by atoms with Crippen LogP contribution in [0.25, 0.3) is 0 Å². The topological polar surface area (TPSA) is 59.0 Å². The molecule has 1 rings (SSSR count). The van der Waals surface area contributed by atoms with Crippen molar-refractivity contribution >= 4 is 18.1 Å². The zero-order valence-corrected chi connectivity index (χ0v) is 9.69. The van der Waals surface area contributed by atoms with Crippen LogP contribution >= 0.6 is 12.2 Å². The van der Waals surface area contributed by atoms with Crippen LogP contribution in [0.5, 0.6) is 0 Å². The molecule has 1 amide bonds. The van der Waals surface area contributed by atoms with Crippen LogP contribution in [-0.2, 0) is 16.1 Å². The standard InChI is InChI=1S/C9H15N3O2S/c1-7-5-12(9(15)11-7)6-8(13)10-3-4-14-2/h5H,3-4,6H2,1-2H3,(H,10,13)(H,11,15). The van der Waals surface area contributed by atoms with E-state index >= 15 is 0 Å². The molecule has 0 spiro atoms. The number of carbonyl (C=O) groups is 1. The molecule has 0 radical (unpaired) electrons. The van der Waals surface area contributed by atoms with Gasteiger partial charge in [0, 0.05) is 25.5 Å². The predicted octanol–water partition coefficient (Wildman–Crippen LogP) is 0.617. The minimum absolute atomic E-state index is 0.0675. The molecular formula is C9H15N3O2S. The largest absolute Gasteiger partial charge is 0.383 e. The molecule has 0 aliphatic carbocycles. The van der Waals surface area contributed by atoms with E-state index in [9.17, 15) is 4.79 Å². The van der Waals surface area contributed by atoms with Crippen molar-refractivity contribution in [1.82, 2.24) is 14.9 Å². The quantitative estimate of drug-likeness (QED) is 0.574. The van der Waals surface area contributed by atoms with Gasteiger partial charge in [0.25, 0.3) is 0 Å². The molecule has 15 heavy (non-hydrogen) atoms. The maximum atomic E-state index is 11.4. The average Bonchev–Trinajstić information content (AvgIpc) is 2.45. The molecule has 1 aromatic heterocycles. The Labute approximate surface area is 93.4 Å². The SMILES string of the molecule is COCCNC(=O)Cn1cc(C)[nH]c1=S. The van der Waals surface area contributed by atoms with Gasteiger partial charge in [0.15, 0.2) is 4.77 Å². The molecule has 0 unspecified atom stereocenters. The minimum atomic E-state index is -0.0675. The Morgan fingerprint density at radius 3 is 3.00 bits per heavy atom. The van der Waals surface area contributed by atoms with E-state index < -0.39 is 0 Å². The summed E-state index contributed by atoms with van der Waals surface area (Å²) in [5.74, 6) is -0.0675. The summed E-state index contributed by atoms with van der Waals surface area (Å²) < 4.78 is 7.09. The van der Waals surface area contributed by atoms with Crippen molar-refractivity contribution in [3.05, 3.63) is 16.7 Å². The number of H-pyrrole nitrogens is 1. The van der Waals surface area contributed by atoms with Crippen molar-refractivity contribution in [1.29, 1.82) is 0 Å². The van der Waals surface area contributed by atoms with Crippen molar-refractivity contribution in [2.24, 2.45) is 0 Å². The Morgan fingerprint density at radius 1 is 1.73 bits per heavy atom. The van der Waals surface area contributed by atoms with Crippen molar-refractivity contribution in [3.63, 3.8) is 0 Å². The van der Waals surface area contributed by atoms with Gasteiger partial charge in [-0.15, -0.1) is 0 Å². The highest BCUT2D eigenvalue weighted by molar-refractivity contribution is 7.71. The molecule has 5 nitrogen and oxygen atoms in total. The number of aryl methyl sites for hydroxylation is 1. The highest BCUT2D eigenvalue weighted by Crippen LogP contribution is 1.96. The predicted molar refractivity (Wildman–Crippen MR) is 59.2 cm³/mol. The molecule has 0 aromatic carbocycles. The molecule has 2 N–H and O–H groups in total. The van der Waals surface area contributed by atoms with Gasteiger partial charge >= 0.3 is 0 Å². The van der Waals surface area contributed by atoms with Gasteiger partial charge in [0.05, 0.1) is 6.61 Å². The first kappa shape index (κ1) is 11.9. The highest BCUT2D eigenvalue weighted by Gasteiger charge is 2.03. The molecule has 0 aliphatic rings. The van der Waals surface area contributed by atoms with E-state index in [-0.39, 0.29) is 12.5 Å². The summed E-state index contributed by atoms with van der Waals surface area (Å²) >= 11 is 5.03. The summed E-state index contributed by atoms with van der Waals surface area (Å²) in [6.07, 6.45) is 1.82. The lowest BCUT2D eigenvalue weighted by Gasteiger charge is -2.04. The average molecular weight is 229 g/mol. The summed E-state index contributed by atoms with van der Waals surface area (Å²) in [6, 6.07) is 0. The van der Waals surface area contributed by atoms with Gasteiger partial charge in [-0.1, -0.05) is 0 Å². The van der Waals surface area contributed by atoms with Crippen LogP contribution in [0.3, 0.4) is 0 Å². The Kier molecular flexibility index (Phi) is 4.51. The van der Waals surface area contributed by atoms with Crippen molar-refractivity contribution in [3.8, 4) is 0 Å². The van der Waals surface area contributed by atoms with Crippen LogP contribution in [0.15, 0.2) is 6.20 Å². The lowest BCUT2D eigenvalue weighted by Crippen LogP contribution is -2.30. The normalized spacial score (nSPS) is 10.3. The molecule has 1 aromatic rings. The number of ether oxygens (including phenoxy) is 1. The number of methoxy groups -OCH3 is 1. The van der Waals surface area contributed by atoms with E-state index in [4.69, 9.17) is 17.0 Å². The zero-order valence-electron chi connectivity index (χ0n) is 8.87. The van der Waals surface area contributed by atoms with E-state index in [0.717, 1.165) is 5.69 Å². The Balaban J connectivity index is 2.44. The van der Waals surface area contributed by atoms with E-state index in [1.807, 2.05) is 13.1 Å². The van der Waals surface area contributed by atoms with Crippen LogP contribution in [-0.4, -0.2) is 35.7 Å². The van der Waals surface area contributed by atoms with Crippen LogP contribution in [0.1, 0.15) is 5.69 Å². The van der Waals surface area contributed by atoms with Gasteiger partial charge in [-0.25, -0.2) is 0 Å². The van der Waals surface area contributed by atoms with Crippen molar-refractivity contribution < 1.29 is 9.53 Å². The van der Waals surface area contributed by atoms with Crippen LogP contribution in [0, 0.1) is 11.7 Å². The molecule has 0 bridgehead atoms. The van der Waals surface area contributed by atoms with Crippen LogP contribution in [0.2, 0.25) is 0 Å². The number of aromatic nitrogens is 2. The fourth-order valence-corrected chi connectivity index (χ4v) is 1.46. The number of rotatable bonds is 5. The third-order valence-electron chi connectivity index (χ3n) is 1.86. The van der Waals surface area contributed by atoms with E-state index in [1.54, 1.807) is 11.7 Å². The monoisotopic (exact) mass is 229 g/mol. The Hall–Kier alpha value is -1.14. The first-order chi connectivity index (χ1) is 7.13. The first-order valence-corrected chi connectivity index (χ1v) is 5.06. The van der Waals surface area contributed by atoms with E-state index in [2.05, 4.69) is 10.3 Å². The third kappa shape index (κ3) is 3.85. The number of nitrogens with zero attached hydrogens (tertiary/aromatic N) is 1. The molecular weight excluding hydrogens is 214 g/mol. The van der Waals surface area contributed by atoms with Crippen molar-refractivity contribution in [2.75, 3.05) is 20.3 Å². The Morgan fingerprint density at radius 2 is 2.47 bits per heavy atom.